The van der Waals surface area contributed by atoms with Crippen LogP contribution in [0.25, 0.3) is 0 Å². The van der Waals surface area contributed by atoms with Crippen LogP contribution in [-0.2, 0) is 6.42 Å². The predicted octanol–water partition coefficient (Wildman–Crippen LogP) is 3.23. The number of aromatic nitrogens is 2. The molecule has 2 aromatic rings. The number of rotatable bonds is 3. The molecule has 2 rings (SSSR count). The monoisotopic (exact) mass is 344 g/mol. The molecule has 1 N–H and O–H groups in total. The molecular formula is C15H13BrN4O. The molecule has 0 aliphatic heterocycles. The van der Waals surface area contributed by atoms with Gasteiger partial charge in [0, 0.05) is 4.47 Å². The van der Waals surface area contributed by atoms with Crippen molar-refractivity contribution in [3.63, 3.8) is 0 Å². The van der Waals surface area contributed by atoms with E-state index in [1.807, 2.05) is 13.0 Å². The van der Waals surface area contributed by atoms with E-state index in [1.165, 1.54) is 0 Å². The Hall–Kier alpha value is -2.26. The number of nitrogens with zero attached hydrogens (tertiary/aromatic N) is 3. The minimum atomic E-state index is -0.241. The minimum Gasteiger partial charge on any atom is -0.321 e. The first-order chi connectivity index (χ1) is 10.0. The van der Waals surface area contributed by atoms with Crippen LogP contribution in [0.2, 0.25) is 0 Å². The van der Waals surface area contributed by atoms with E-state index in [1.54, 1.807) is 31.2 Å². The fraction of sp³-hybridized carbons (Fsp3) is 0.200. The van der Waals surface area contributed by atoms with Gasteiger partial charge in [0.1, 0.15) is 0 Å². The van der Waals surface area contributed by atoms with Gasteiger partial charge in [-0.1, -0.05) is 6.92 Å². The molecule has 21 heavy (non-hydrogen) atoms. The summed E-state index contributed by atoms with van der Waals surface area (Å²) in [4.78, 5) is 12.4. The molecule has 0 bridgehead atoms. The lowest BCUT2D eigenvalue weighted by Crippen LogP contribution is -2.16. The van der Waals surface area contributed by atoms with Gasteiger partial charge in [-0.05, 0) is 53.5 Å². The summed E-state index contributed by atoms with van der Waals surface area (Å²) in [5.74, 6) is -0.241. The Balaban J connectivity index is 2.30. The van der Waals surface area contributed by atoms with Crippen LogP contribution in [0.4, 0.5) is 5.69 Å². The molecule has 0 saturated heterocycles. The zero-order valence-electron chi connectivity index (χ0n) is 11.6. The summed E-state index contributed by atoms with van der Waals surface area (Å²) in [7, 11) is 0. The fourth-order valence-corrected chi connectivity index (χ4v) is 2.33. The maximum atomic E-state index is 12.4. The number of hydrogen-bond donors (Lipinski definition) is 1. The summed E-state index contributed by atoms with van der Waals surface area (Å²) < 4.78 is 0.659. The van der Waals surface area contributed by atoms with E-state index in [2.05, 4.69) is 31.4 Å². The maximum absolute atomic E-state index is 12.4. The van der Waals surface area contributed by atoms with Crippen molar-refractivity contribution in [3.8, 4) is 6.07 Å². The van der Waals surface area contributed by atoms with Crippen molar-refractivity contribution in [1.29, 1.82) is 5.26 Å². The Bertz CT molecular complexity index is 737. The third-order valence-corrected chi connectivity index (χ3v) is 3.57. The van der Waals surface area contributed by atoms with E-state index in [9.17, 15) is 4.79 Å². The molecule has 0 saturated carbocycles. The molecule has 0 unspecified atom stereocenters. The van der Waals surface area contributed by atoms with Crippen LogP contribution in [0.5, 0.6) is 0 Å². The summed E-state index contributed by atoms with van der Waals surface area (Å²) in [5.41, 5.74) is 2.99. The number of aryl methyl sites for hydroxylation is 2. The lowest BCUT2D eigenvalue weighted by molar-refractivity contribution is 0.102. The summed E-state index contributed by atoms with van der Waals surface area (Å²) >= 11 is 3.35. The average Bonchev–Trinajstić information content (AvgIpc) is 2.49. The Kier molecular flexibility index (Phi) is 4.66. The molecule has 1 aromatic carbocycles. The van der Waals surface area contributed by atoms with E-state index < -0.39 is 0 Å². The Labute approximate surface area is 131 Å². The van der Waals surface area contributed by atoms with Crippen LogP contribution in [0.1, 0.15) is 34.2 Å². The van der Waals surface area contributed by atoms with E-state index >= 15 is 0 Å². The molecule has 5 nitrogen and oxygen atoms in total. The van der Waals surface area contributed by atoms with Gasteiger partial charge in [0.25, 0.3) is 5.91 Å². The van der Waals surface area contributed by atoms with Gasteiger partial charge in [-0.15, -0.1) is 0 Å². The largest absolute Gasteiger partial charge is 0.321 e. The first-order valence-electron chi connectivity index (χ1n) is 6.39. The van der Waals surface area contributed by atoms with E-state index in [4.69, 9.17) is 5.26 Å². The number of halogens is 1. The van der Waals surface area contributed by atoms with E-state index in [0.717, 1.165) is 0 Å². The average molecular weight is 345 g/mol. The van der Waals surface area contributed by atoms with Crippen LogP contribution in [-0.4, -0.2) is 16.1 Å². The van der Waals surface area contributed by atoms with Crippen molar-refractivity contribution in [3.05, 3.63) is 51.3 Å². The normalized spacial score (nSPS) is 10.0. The lowest BCUT2D eigenvalue weighted by Gasteiger charge is -2.10. The van der Waals surface area contributed by atoms with Crippen LogP contribution in [0.3, 0.4) is 0 Å². The molecule has 0 spiro atoms. The third kappa shape index (κ3) is 3.44. The number of anilines is 1. The zero-order valence-corrected chi connectivity index (χ0v) is 13.2. The molecule has 0 radical (unpaired) electrons. The van der Waals surface area contributed by atoms with Crippen LogP contribution in [0, 0.1) is 18.3 Å². The molecule has 1 aromatic heterocycles. The molecule has 0 atom stereocenters. The highest BCUT2D eigenvalue weighted by Gasteiger charge is 2.14. The lowest BCUT2D eigenvalue weighted by atomic mass is 10.1. The Morgan fingerprint density at radius 3 is 2.76 bits per heavy atom. The summed E-state index contributed by atoms with van der Waals surface area (Å²) in [6.45, 7) is 3.72. The molecule has 1 heterocycles. The number of nitrogens with one attached hydrogen (secondary N) is 1. The number of carbonyl (C=O) groups is 1. The van der Waals surface area contributed by atoms with Crippen LogP contribution in [0.15, 0.2) is 28.7 Å². The van der Waals surface area contributed by atoms with E-state index in [-0.39, 0.29) is 5.91 Å². The number of amides is 1. The molecule has 0 fully saturated rings. The SMILES string of the molecule is CCc1nnc(C)cc1C(=O)Nc1ccc(C#N)cc1Br. The highest BCUT2D eigenvalue weighted by molar-refractivity contribution is 9.10. The third-order valence-electron chi connectivity index (χ3n) is 2.92. The van der Waals surface area contributed by atoms with E-state index in [0.29, 0.717) is 39.1 Å². The fourth-order valence-electron chi connectivity index (χ4n) is 1.85. The predicted molar refractivity (Wildman–Crippen MR) is 83.0 cm³/mol. The van der Waals surface area contributed by atoms with Gasteiger partial charge >= 0.3 is 0 Å². The molecular weight excluding hydrogens is 332 g/mol. The number of nitriles is 1. The summed E-state index contributed by atoms with van der Waals surface area (Å²) in [6.07, 6.45) is 0.630. The van der Waals surface area contributed by atoms with Crippen molar-refractivity contribution >= 4 is 27.5 Å². The Morgan fingerprint density at radius 1 is 1.38 bits per heavy atom. The van der Waals surface area contributed by atoms with Gasteiger partial charge in [-0.3, -0.25) is 4.79 Å². The van der Waals surface area contributed by atoms with Gasteiger partial charge in [-0.25, -0.2) is 0 Å². The Morgan fingerprint density at radius 2 is 2.14 bits per heavy atom. The van der Waals surface area contributed by atoms with Gasteiger partial charge < -0.3 is 5.32 Å². The quantitative estimate of drug-likeness (QED) is 0.926. The van der Waals surface area contributed by atoms with Crippen molar-refractivity contribution in [2.45, 2.75) is 20.3 Å². The van der Waals surface area contributed by atoms with Gasteiger partial charge in [0.15, 0.2) is 0 Å². The molecule has 0 aliphatic carbocycles. The van der Waals surface area contributed by atoms with Gasteiger partial charge in [0.05, 0.1) is 34.3 Å². The number of benzene rings is 1. The van der Waals surface area contributed by atoms with Crippen LogP contribution >= 0.6 is 15.9 Å². The zero-order chi connectivity index (χ0) is 15.4. The molecule has 6 heteroatoms. The second-order valence-corrected chi connectivity index (χ2v) is 5.31. The summed E-state index contributed by atoms with van der Waals surface area (Å²) in [6, 6.07) is 8.76. The maximum Gasteiger partial charge on any atom is 0.257 e. The second-order valence-electron chi connectivity index (χ2n) is 4.46. The number of hydrogen-bond acceptors (Lipinski definition) is 4. The highest BCUT2D eigenvalue weighted by atomic mass is 79.9. The molecule has 0 aliphatic rings. The first kappa shape index (κ1) is 15.1. The van der Waals surface area contributed by atoms with Crippen molar-refractivity contribution in [2.75, 3.05) is 5.32 Å². The van der Waals surface area contributed by atoms with Gasteiger partial charge in [-0.2, -0.15) is 15.5 Å². The smallest absolute Gasteiger partial charge is 0.257 e. The minimum absolute atomic E-state index is 0.241. The van der Waals surface area contributed by atoms with Crippen molar-refractivity contribution in [1.82, 2.24) is 10.2 Å². The highest BCUT2D eigenvalue weighted by Crippen LogP contribution is 2.24. The topological polar surface area (TPSA) is 78.7 Å². The van der Waals surface area contributed by atoms with Crippen molar-refractivity contribution < 1.29 is 4.79 Å². The van der Waals surface area contributed by atoms with Crippen LogP contribution < -0.4 is 5.32 Å². The van der Waals surface area contributed by atoms with Crippen molar-refractivity contribution in [2.24, 2.45) is 0 Å². The molecule has 1 amide bonds. The van der Waals surface area contributed by atoms with Gasteiger partial charge in [0.2, 0.25) is 0 Å². The second kappa shape index (κ2) is 6.46. The first-order valence-corrected chi connectivity index (χ1v) is 7.18. The number of carbonyl (C=O) groups excluding carboxylic acids is 1. The standard InChI is InChI=1S/C15H13BrN4O/c1-3-13-11(6-9(2)19-20-13)15(21)18-14-5-4-10(8-17)7-12(14)16/h4-7H,3H2,1-2H3,(H,18,21). The summed E-state index contributed by atoms with van der Waals surface area (Å²) in [5, 5.41) is 19.7. The molecule has 106 valence electrons.